The van der Waals surface area contributed by atoms with Crippen LogP contribution in [0.1, 0.15) is 56.2 Å². The summed E-state index contributed by atoms with van der Waals surface area (Å²) >= 11 is 0. The molecule has 2 aromatic rings. The Labute approximate surface area is 214 Å². The number of likely N-dealkylation sites (tertiary alicyclic amines) is 1. The largest absolute Gasteiger partial charge is 0.463 e. The molecule has 0 unspecified atom stereocenters. The topological polar surface area (TPSA) is 89.7 Å². The Morgan fingerprint density at radius 3 is 2.36 bits per heavy atom. The van der Waals surface area contributed by atoms with Gasteiger partial charge in [0.15, 0.2) is 16.4 Å². The van der Waals surface area contributed by atoms with Crippen LogP contribution in [0.2, 0.25) is 0 Å². The molecule has 2 heterocycles. The van der Waals surface area contributed by atoms with Crippen molar-refractivity contribution < 1.29 is 22.9 Å². The summed E-state index contributed by atoms with van der Waals surface area (Å²) in [6.45, 7) is 6.00. The Bertz CT molecular complexity index is 1190. The lowest BCUT2D eigenvalue weighted by Gasteiger charge is -2.36. The highest BCUT2D eigenvalue weighted by atomic mass is 32.2. The van der Waals surface area contributed by atoms with E-state index < -0.39 is 9.84 Å². The van der Waals surface area contributed by atoms with E-state index in [9.17, 15) is 18.3 Å². The van der Waals surface area contributed by atoms with Crippen LogP contribution in [-0.2, 0) is 21.2 Å². The fourth-order valence-electron chi connectivity index (χ4n) is 5.41. The average molecular weight is 513 g/mol. The van der Waals surface area contributed by atoms with Crippen LogP contribution in [0.5, 0.6) is 0 Å². The molecule has 8 heteroatoms. The highest BCUT2D eigenvalue weighted by Crippen LogP contribution is 2.39. The number of carbonyl (C=O) groups is 1. The maximum atomic E-state index is 12.1. The molecule has 4 rings (SSSR count). The zero-order valence-corrected chi connectivity index (χ0v) is 22.1. The number of rotatable bonds is 9. The van der Waals surface area contributed by atoms with Gasteiger partial charge in [0.05, 0.1) is 10.9 Å². The van der Waals surface area contributed by atoms with Crippen molar-refractivity contribution in [2.45, 2.75) is 56.5 Å². The van der Waals surface area contributed by atoms with Crippen LogP contribution in [0.3, 0.4) is 0 Å². The predicted octanol–water partition coefficient (Wildman–Crippen LogP) is 3.70. The van der Waals surface area contributed by atoms with Gasteiger partial charge < -0.3 is 15.3 Å². The number of benzene rings is 2. The van der Waals surface area contributed by atoms with Crippen LogP contribution in [-0.4, -0.2) is 67.2 Å². The monoisotopic (exact) mass is 512 g/mol. The molecule has 1 atom stereocenters. The van der Waals surface area contributed by atoms with Crippen molar-refractivity contribution in [3.05, 3.63) is 65.7 Å². The van der Waals surface area contributed by atoms with Gasteiger partial charge in [0.1, 0.15) is 12.0 Å². The first-order valence-corrected chi connectivity index (χ1v) is 14.8. The van der Waals surface area contributed by atoms with Crippen LogP contribution in [0.25, 0.3) is 0 Å². The smallest absolute Gasteiger partial charge is 0.340 e. The fourth-order valence-corrected chi connectivity index (χ4v) is 6.04. The van der Waals surface area contributed by atoms with Crippen molar-refractivity contribution in [1.29, 1.82) is 0 Å². The van der Waals surface area contributed by atoms with Gasteiger partial charge in [-0.2, -0.15) is 4.58 Å². The first kappa shape index (κ1) is 26.4. The van der Waals surface area contributed by atoms with Crippen molar-refractivity contribution >= 4 is 21.6 Å². The second-order valence-electron chi connectivity index (χ2n) is 10.2. The molecule has 2 aromatic carbocycles. The average Bonchev–Trinajstić information content (AvgIpc) is 3.17. The minimum Gasteiger partial charge on any atom is -0.463 e. The standard InChI is InChI=1S/C28H37N3O4S/c1-3-26(32)29-25(23-7-5-4-6-8-23)13-17-30-18-14-28(15-19-30)16-20-31(27(28)33)21-22-9-11-24(12-10-22)36(2,34)35/h4-12,25H,3,13-21H2,1-2H3,(H,29,32)/p+1/t25-/m0/s1. The lowest BCUT2D eigenvalue weighted by atomic mass is 9.77. The highest BCUT2D eigenvalue weighted by molar-refractivity contribution is 7.90. The number of sulfone groups is 1. The molecule has 0 radical (unpaired) electrons. The van der Waals surface area contributed by atoms with Crippen LogP contribution >= 0.6 is 0 Å². The molecule has 0 saturated carbocycles. The SMILES string of the molecule is CCC(=O)N[C@@H](CCN1CCC2(CC1)CC[N+](Cc1ccc(S(C)(=O)=O)cc1)=C2O)c1ccccc1. The Morgan fingerprint density at radius 1 is 1.08 bits per heavy atom. The third kappa shape index (κ3) is 6.16. The second kappa shape index (κ2) is 11.1. The minimum absolute atomic E-state index is 0.00515. The number of aliphatic hydroxyl groups is 1. The molecule has 1 amide bonds. The Hall–Kier alpha value is -2.71. The van der Waals surface area contributed by atoms with Gasteiger partial charge in [-0.05, 0) is 50.0 Å². The Morgan fingerprint density at radius 2 is 1.75 bits per heavy atom. The number of nitrogens with one attached hydrogen (secondary N) is 1. The number of amides is 1. The van der Waals surface area contributed by atoms with Gasteiger partial charge in [0, 0.05) is 31.2 Å². The number of hydrogen-bond acceptors (Lipinski definition) is 4. The third-order valence-corrected chi connectivity index (χ3v) is 8.89. The predicted molar refractivity (Wildman–Crippen MR) is 141 cm³/mol. The molecule has 1 spiro atoms. The van der Waals surface area contributed by atoms with Gasteiger partial charge in [-0.3, -0.25) is 4.79 Å². The quantitative estimate of drug-likeness (QED) is 0.500. The summed E-state index contributed by atoms with van der Waals surface area (Å²) in [6, 6.07) is 17.1. The van der Waals surface area contributed by atoms with E-state index in [1.807, 2.05) is 41.8 Å². The summed E-state index contributed by atoms with van der Waals surface area (Å²) in [6.07, 6.45) is 5.31. The van der Waals surface area contributed by atoms with Gasteiger partial charge in [0.25, 0.3) is 0 Å². The Kier molecular flexibility index (Phi) is 8.15. The number of nitrogens with zero attached hydrogens (tertiary/aromatic N) is 2. The van der Waals surface area contributed by atoms with Gasteiger partial charge in [-0.1, -0.05) is 49.4 Å². The minimum atomic E-state index is -3.21. The van der Waals surface area contributed by atoms with Crippen molar-refractivity contribution in [3.8, 4) is 0 Å². The van der Waals surface area contributed by atoms with E-state index in [1.54, 1.807) is 12.1 Å². The molecule has 0 aromatic heterocycles. The van der Waals surface area contributed by atoms with E-state index in [-0.39, 0.29) is 17.4 Å². The van der Waals surface area contributed by atoms with Gasteiger partial charge in [0.2, 0.25) is 5.91 Å². The molecule has 1 fully saturated rings. The molecule has 0 bridgehead atoms. The van der Waals surface area contributed by atoms with Gasteiger partial charge in [-0.15, -0.1) is 0 Å². The van der Waals surface area contributed by atoms with E-state index in [2.05, 4.69) is 22.3 Å². The molecule has 1 saturated heterocycles. The maximum absolute atomic E-state index is 12.1. The summed E-state index contributed by atoms with van der Waals surface area (Å²) in [4.78, 5) is 14.8. The van der Waals surface area contributed by atoms with Crippen molar-refractivity contribution in [1.82, 2.24) is 10.2 Å². The molecular weight excluding hydrogens is 474 g/mol. The fraction of sp³-hybridized carbons (Fsp3) is 0.500. The zero-order valence-electron chi connectivity index (χ0n) is 21.3. The van der Waals surface area contributed by atoms with E-state index in [0.29, 0.717) is 23.8 Å². The summed E-state index contributed by atoms with van der Waals surface area (Å²) in [5.41, 5.74) is 1.96. The first-order valence-electron chi connectivity index (χ1n) is 12.9. The molecule has 2 aliphatic heterocycles. The summed E-state index contributed by atoms with van der Waals surface area (Å²) < 4.78 is 25.5. The normalized spacial score (nSPS) is 18.9. The van der Waals surface area contributed by atoms with Crippen molar-refractivity contribution in [2.24, 2.45) is 5.41 Å². The lowest BCUT2D eigenvalue weighted by molar-refractivity contribution is -0.543. The molecule has 36 heavy (non-hydrogen) atoms. The Balaban J connectivity index is 1.34. The summed E-state index contributed by atoms with van der Waals surface area (Å²) in [5, 5.41) is 14.3. The summed E-state index contributed by atoms with van der Waals surface area (Å²) in [7, 11) is -3.21. The van der Waals surface area contributed by atoms with E-state index in [4.69, 9.17) is 0 Å². The van der Waals surface area contributed by atoms with E-state index in [1.165, 1.54) is 6.26 Å². The molecule has 2 N–H and O–H groups in total. The van der Waals surface area contributed by atoms with Crippen LogP contribution in [0, 0.1) is 5.41 Å². The van der Waals surface area contributed by atoms with Gasteiger partial charge >= 0.3 is 5.90 Å². The molecule has 2 aliphatic rings. The first-order chi connectivity index (χ1) is 17.2. The van der Waals surface area contributed by atoms with E-state index >= 15 is 0 Å². The van der Waals surface area contributed by atoms with Crippen molar-refractivity contribution in [2.75, 3.05) is 32.4 Å². The van der Waals surface area contributed by atoms with Crippen LogP contribution in [0.4, 0.5) is 0 Å². The number of piperidine rings is 1. The number of carbonyl (C=O) groups excluding carboxylic acids is 1. The summed E-state index contributed by atoms with van der Waals surface area (Å²) in [5.74, 6) is 0.546. The number of aliphatic hydroxyl groups excluding tert-OH is 1. The van der Waals surface area contributed by atoms with Crippen molar-refractivity contribution in [3.63, 3.8) is 0 Å². The third-order valence-electron chi connectivity index (χ3n) is 7.76. The molecular formula is C28H38N3O4S+. The zero-order chi connectivity index (χ0) is 25.8. The van der Waals surface area contributed by atoms with Gasteiger partial charge in [-0.25, -0.2) is 8.42 Å². The maximum Gasteiger partial charge on any atom is 0.340 e. The number of hydrogen-bond donors (Lipinski definition) is 2. The molecule has 7 nitrogen and oxygen atoms in total. The molecule has 194 valence electrons. The van der Waals surface area contributed by atoms with Crippen LogP contribution < -0.4 is 5.32 Å². The second-order valence-corrected chi connectivity index (χ2v) is 12.2. The van der Waals surface area contributed by atoms with Crippen LogP contribution in [0.15, 0.2) is 59.5 Å². The molecule has 0 aliphatic carbocycles. The highest BCUT2D eigenvalue weighted by Gasteiger charge is 2.49. The van der Waals surface area contributed by atoms with E-state index in [0.717, 1.165) is 63.0 Å². The lowest BCUT2D eigenvalue weighted by Crippen LogP contribution is -2.44.